The van der Waals surface area contributed by atoms with Gasteiger partial charge in [-0.2, -0.15) is 5.10 Å². The van der Waals surface area contributed by atoms with Gasteiger partial charge in [-0.15, -0.1) is 0 Å². The van der Waals surface area contributed by atoms with Crippen molar-refractivity contribution in [2.45, 2.75) is 19.8 Å². The first-order valence-corrected chi connectivity index (χ1v) is 11.3. The molecule has 0 fully saturated rings. The summed E-state index contributed by atoms with van der Waals surface area (Å²) in [6, 6.07) is 10.2. The highest BCUT2D eigenvalue weighted by Crippen LogP contribution is 2.38. The van der Waals surface area contributed by atoms with E-state index in [0.29, 0.717) is 52.4 Å². The Labute approximate surface area is 198 Å². The van der Waals surface area contributed by atoms with Crippen molar-refractivity contribution < 1.29 is 28.6 Å². The third-order valence-corrected chi connectivity index (χ3v) is 5.78. The lowest BCUT2D eigenvalue weighted by Crippen LogP contribution is -2.31. The molecule has 1 N–H and O–H groups in total. The summed E-state index contributed by atoms with van der Waals surface area (Å²) in [7, 11) is 0. The standard InChI is InChI=1S/C23H22BrN3O6/c1-2-31-23(30)17(25-26-18-13-20-19(12-16(18)24)32-10-11-33-20)8-5-9-27-21(28)14-6-3-4-7-15(14)22(27)29/h3-4,6-7,12-13,26H,2,5,8-11H2,1H3/b25-17-. The maximum absolute atomic E-state index is 12.5. The van der Waals surface area contributed by atoms with Gasteiger partial charge in [0.05, 0.1) is 23.4 Å². The number of nitrogens with zero attached hydrogens (tertiary/aromatic N) is 2. The highest BCUT2D eigenvalue weighted by Gasteiger charge is 2.34. The maximum atomic E-state index is 12.5. The Morgan fingerprint density at radius 1 is 1.12 bits per heavy atom. The number of hydrazone groups is 1. The first-order chi connectivity index (χ1) is 16.0. The molecule has 2 aromatic rings. The molecule has 0 unspecified atom stereocenters. The zero-order valence-corrected chi connectivity index (χ0v) is 19.5. The molecule has 9 nitrogen and oxygen atoms in total. The van der Waals surface area contributed by atoms with Gasteiger partial charge < -0.3 is 14.2 Å². The molecule has 10 heteroatoms. The topological polar surface area (TPSA) is 107 Å². The number of imide groups is 1. The average molecular weight is 516 g/mol. The molecule has 2 aliphatic rings. The molecule has 0 bridgehead atoms. The van der Waals surface area contributed by atoms with Crippen molar-refractivity contribution >= 4 is 45.1 Å². The molecular formula is C23H22BrN3O6. The molecule has 2 heterocycles. The number of hydrogen-bond donors (Lipinski definition) is 1. The fraction of sp³-hybridized carbons (Fsp3) is 0.304. The van der Waals surface area contributed by atoms with Crippen LogP contribution < -0.4 is 14.9 Å². The van der Waals surface area contributed by atoms with E-state index in [0.717, 1.165) is 0 Å². The van der Waals surface area contributed by atoms with Gasteiger partial charge in [0.1, 0.15) is 18.9 Å². The lowest BCUT2D eigenvalue weighted by Gasteiger charge is -2.19. The fourth-order valence-electron chi connectivity index (χ4n) is 3.54. The number of amides is 2. The third-order valence-electron chi connectivity index (χ3n) is 5.13. The molecule has 172 valence electrons. The second kappa shape index (κ2) is 10.0. The summed E-state index contributed by atoms with van der Waals surface area (Å²) < 4.78 is 16.9. The van der Waals surface area contributed by atoms with Crippen molar-refractivity contribution in [3.8, 4) is 11.5 Å². The number of carbonyl (C=O) groups is 3. The second-order valence-corrected chi connectivity index (χ2v) is 8.13. The van der Waals surface area contributed by atoms with Crippen LogP contribution in [0.2, 0.25) is 0 Å². The number of ether oxygens (including phenoxy) is 3. The lowest BCUT2D eigenvalue weighted by molar-refractivity contribution is -0.135. The number of hydrogen-bond acceptors (Lipinski definition) is 8. The number of halogens is 1. The largest absolute Gasteiger partial charge is 0.486 e. The van der Waals surface area contributed by atoms with Gasteiger partial charge in [-0.05, 0) is 41.4 Å². The number of anilines is 1. The first kappa shape index (κ1) is 22.8. The number of carbonyl (C=O) groups excluding carboxylic acids is 3. The van der Waals surface area contributed by atoms with E-state index in [-0.39, 0.29) is 37.1 Å². The van der Waals surface area contributed by atoms with Crippen LogP contribution in [0.5, 0.6) is 11.5 Å². The summed E-state index contributed by atoms with van der Waals surface area (Å²) in [5.74, 6) is -0.0344. The highest BCUT2D eigenvalue weighted by atomic mass is 79.9. The van der Waals surface area contributed by atoms with Crippen LogP contribution in [0.1, 0.15) is 40.5 Å². The van der Waals surface area contributed by atoms with Crippen LogP contribution in [0.4, 0.5) is 5.69 Å². The Kier molecular flexibility index (Phi) is 6.93. The first-order valence-electron chi connectivity index (χ1n) is 10.5. The zero-order valence-electron chi connectivity index (χ0n) is 17.9. The summed E-state index contributed by atoms with van der Waals surface area (Å²) in [4.78, 5) is 38.7. The number of esters is 1. The summed E-state index contributed by atoms with van der Waals surface area (Å²) in [5, 5.41) is 4.24. The van der Waals surface area contributed by atoms with E-state index in [1.165, 1.54) is 4.90 Å². The van der Waals surface area contributed by atoms with Gasteiger partial charge in [-0.3, -0.25) is 19.9 Å². The predicted molar refractivity (Wildman–Crippen MR) is 124 cm³/mol. The monoisotopic (exact) mass is 515 g/mol. The second-order valence-electron chi connectivity index (χ2n) is 7.28. The predicted octanol–water partition coefficient (Wildman–Crippen LogP) is 3.63. The minimum atomic E-state index is -0.568. The van der Waals surface area contributed by atoms with Crippen molar-refractivity contribution in [1.29, 1.82) is 0 Å². The third kappa shape index (κ3) is 4.85. The van der Waals surface area contributed by atoms with Gasteiger partial charge >= 0.3 is 5.97 Å². The molecule has 2 amide bonds. The van der Waals surface area contributed by atoms with E-state index >= 15 is 0 Å². The van der Waals surface area contributed by atoms with E-state index < -0.39 is 5.97 Å². The van der Waals surface area contributed by atoms with Crippen molar-refractivity contribution in [3.05, 3.63) is 52.0 Å². The summed E-state index contributed by atoms with van der Waals surface area (Å²) in [5.41, 5.74) is 4.39. The summed E-state index contributed by atoms with van der Waals surface area (Å²) in [6.07, 6.45) is 0.564. The Balaban J connectivity index is 1.44. The Morgan fingerprint density at radius 2 is 1.76 bits per heavy atom. The summed E-state index contributed by atoms with van der Waals surface area (Å²) >= 11 is 3.45. The Hall–Kier alpha value is -3.40. The molecule has 2 aromatic carbocycles. The van der Waals surface area contributed by atoms with E-state index in [9.17, 15) is 14.4 Å². The number of fused-ring (bicyclic) bond motifs is 2. The molecule has 0 spiro atoms. The van der Waals surface area contributed by atoms with Crippen molar-refractivity contribution in [2.75, 3.05) is 31.8 Å². The van der Waals surface area contributed by atoms with Crippen molar-refractivity contribution in [1.82, 2.24) is 4.90 Å². The SMILES string of the molecule is CCOC(=O)/C(CCCN1C(=O)c2ccccc2C1=O)=N\Nc1cc2c(cc1Br)OCCO2. The van der Waals surface area contributed by atoms with Crippen LogP contribution in [-0.4, -0.2) is 54.8 Å². The van der Waals surface area contributed by atoms with E-state index in [1.54, 1.807) is 43.3 Å². The smallest absolute Gasteiger partial charge is 0.354 e. The number of rotatable bonds is 8. The van der Waals surface area contributed by atoms with Gasteiger partial charge in [0.2, 0.25) is 0 Å². The van der Waals surface area contributed by atoms with Gasteiger partial charge in [-0.25, -0.2) is 4.79 Å². The molecule has 0 aromatic heterocycles. The molecule has 4 rings (SSSR count). The summed E-state index contributed by atoms with van der Waals surface area (Å²) in [6.45, 7) is 3.00. The van der Waals surface area contributed by atoms with Crippen molar-refractivity contribution in [2.24, 2.45) is 5.10 Å². The van der Waals surface area contributed by atoms with Crippen LogP contribution >= 0.6 is 15.9 Å². The molecule has 0 atom stereocenters. The molecule has 0 radical (unpaired) electrons. The van der Waals surface area contributed by atoms with Gasteiger partial charge in [-0.1, -0.05) is 12.1 Å². The van der Waals surface area contributed by atoms with Crippen LogP contribution in [0, 0.1) is 0 Å². The van der Waals surface area contributed by atoms with Crippen LogP contribution in [0.3, 0.4) is 0 Å². The number of nitrogens with one attached hydrogen (secondary N) is 1. The van der Waals surface area contributed by atoms with Gasteiger partial charge in [0, 0.05) is 29.6 Å². The van der Waals surface area contributed by atoms with E-state index in [1.807, 2.05) is 0 Å². The highest BCUT2D eigenvalue weighted by molar-refractivity contribution is 9.10. The molecular weight excluding hydrogens is 494 g/mol. The average Bonchev–Trinajstić information content (AvgIpc) is 3.06. The van der Waals surface area contributed by atoms with Crippen LogP contribution in [-0.2, 0) is 9.53 Å². The normalized spacial score (nSPS) is 14.8. The molecule has 33 heavy (non-hydrogen) atoms. The van der Waals surface area contributed by atoms with Crippen LogP contribution in [0.15, 0.2) is 46.0 Å². The number of benzene rings is 2. The Morgan fingerprint density at radius 3 is 2.39 bits per heavy atom. The molecule has 0 aliphatic carbocycles. The van der Waals surface area contributed by atoms with E-state index in [2.05, 4.69) is 26.5 Å². The minimum Gasteiger partial charge on any atom is -0.486 e. The maximum Gasteiger partial charge on any atom is 0.354 e. The van der Waals surface area contributed by atoms with E-state index in [4.69, 9.17) is 14.2 Å². The Bertz CT molecular complexity index is 1100. The fourth-order valence-corrected chi connectivity index (χ4v) is 3.95. The van der Waals surface area contributed by atoms with Gasteiger partial charge in [0.25, 0.3) is 11.8 Å². The zero-order chi connectivity index (χ0) is 23.4. The quantitative estimate of drug-likeness (QED) is 0.247. The van der Waals surface area contributed by atoms with Gasteiger partial charge in [0.15, 0.2) is 11.5 Å². The minimum absolute atomic E-state index is 0.148. The molecule has 0 saturated heterocycles. The van der Waals surface area contributed by atoms with Crippen molar-refractivity contribution in [3.63, 3.8) is 0 Å². The molecule has 2 aliphatic heterocycles. The lowest BCUT2D eigenvalue weighted by atomic mass is 10.1. The molecule has 0 saturated carbocycles. The van der Waals surface area contributed by atoms with Crippen LogP contribution in [0.25, 0.3) is 0 Å².